The van der Waals surface area contributed by atoms with Crippen molar-refractivity contribution in [1.29, 1.82) is 0 Å². The van der Waals surface area contributed by atoms with Crippen LogP contribution in [0.2, 0.25) is 0 Å². The van der Waals surface area contributed by atoms with E-state index in [1.165, 1.54) is 0 Å². The molecule has 1 unspecified atom stereocenters. The molecule has 0 rings (SSSR count). The van der Waals surface area contributed by atoms with Crippen LogP contribution < -0.4 is 5.09 Å². The number of carbonyl (C=O) groups is 1. The SMILES string of the molecule is O=[PH+]NC(=O)O. The molecule has 0 heterocycles. The molecular weight excluding hydrogens is 105 g/mol. The minimum absolute atomic E-state index is 0.961. The quantitative estimate of drug-likeness (QED) is 0.471. The van der Waals surface area contributed by atoms with E-state index < -0.39 is 14.7 Å². The number of carboxylic acid groups (broad SMARTS) is 1. The number of amides is 1. The topological polar surface area (TPSA) is 66.4 Å². The van der Waals surface area contributed by atoms with Crippen molar-refractivity contribution in [3.05, 3.63) is 0 Å². The van der Waals surface area contributed by atoms with Crippen LogP contribution in [0.15, 0.2) is 0 Å². The molecule has 4 nitrogen and oxygen atoms in total. The minimum atomic E-state index is -1.26. The van der Waals surface area contributed by atoms with Crippen LogP contribution in [0.5, 0.6) is 0 Å². The first-order valence-electron chi connectivity index (χ1n) is 1.13. The van der Waals surface area contributed by atoms with Gasteiger partial charge in [-0.2, -0.15) is 0 Å². The van der Waals surface area contributed by atoms with Gasteiger partial charge in [0.25, 0.3) is 0 Å². The van der Waals surface area contributed by atoms with Gasteiger partial charge in [0.2, 0.25) is 0 Å². The summed E-state index contributed by atoms with van der Waals surface area (Å²) in [5.41, 5.74) is 0. The Balaban J connectivity index is 3.05. The van der Waals surface area contributed by atoms with E-state index in [2.05, 4.69) is 0 Å². The average molecular weight is 108 g/mol. The zero-order valence-electron chi connectivity index (χ0n) is 2.76. The molecule has 0 radical (unpaired) electrons. The Morgan fingerprint density at radius 1 is 1.83 bits per heavy atom. The second-order valence-corrected chi connectivity index (χ2v) is 0.986. The zero-order chi connectivity index (χ0) is 4.99. The van der Waals surface area contributed by atoms with Crippen molar-refractivity contribution in [2.45, 2.75) is 0 Å². The van der Waals surface area contributed by atoms with Gasteiger partial charge in [-0.05, 0) is 4.57 Å². The van der Waals surface area contributed by atoms with Gasteiger partial charge in [-0.1, -0.05) is 0 Å². The molecule has 6 heavy (non-hydrogen) atoms. The van der Waals surface area contributed by atoms with Crippen molar-refractivity contribution in [2.75, 3.05) is 0 Å². The van der Waals surface area contributed by atoms with Crippen molar-refractivity contribution in [2.24, 2.45) is 0 Å². The third-order valence-corrected chi connectivity index (χ3v) is 0.474. The highest BCUT2D eigenvalue weighted by molar-refractivity contribution is 7.22. The largest absolute Gasteiger partial charge is 0.463 e. The molecule has 1 atom stereocenters. The van der Waals surface area contributed by atoms with Gasteiger partial charge in [0.05, 0.1) is 0 Å². The third-order valence-electron chi connectivity index (χ3n) is 0.158. The Hall–Kier alpha value is -0.630. The first-order valence-corrected chi connectivity index (χ1v) is 2.04. The standard InChI is InChI=1S/CH2NO3P/c3-1(4)2-6-5/h(H,2,5)(H,3,4)/p+1. The van der Waals surface area contributed by atoms with Crippen molar-refractivity contribution >= 4 is 14.7 Å². The molecular formula is CH3NO3P+. The molecule has 5 heteroatoms. The molecule has 1 amide bonds. The lowest BCUT2D eigenvalue weighted by Crippen LogP contribution is -2.06. The van der Waals surface area contributed by atoms with Crippen LogP contribution in [0.1, 0.15) is 0 Å². The lowest BCUT2D eigenvalue weighted by atomic mass is 11.3. The van der Waals surface area contributed by atoms with Crippen LogP contribution in [0.4, 0.5) is 4.79 Å². The molecule has 0 aromatic rings. The molecule has 0 saturated heterocycles. The Bertz CT molecular complexity index is 71.2. The Kier molecular flexibility index (Phi) is 2.33. The van der Waals surface area contributed by atoms with E-state index >= 15 is 0 Å². The molecule has 0 bridgehead atoms. The van der Waals surface area contributed by atoms with Gasteiger partial charge in [-0.3, -0.25) is 0 Å². The van der Waals surface area contributed by atoms with Gasteiger partial charge < -0.3 is 5.11 Å². The fourth-order valence-corrected chi connectivity index (χ4v) is 0.131. The predicted molar refractivity (Wildman–Crippen MR) is 20.2 cm³/mol. The van der Waals surface area contributed by atoms with Crippen LogP contribution in [0.25, 0.3) is 0 Å². The van der Waals surface area contributed by atoms with E-state index in [9.17, 15) is 9.36 Å². The Morgan fingerprint density at radius 2 is 2.33 bits per heavy atom. The maximum Gasteiger partial charge on any atom is 0.451 e. The van der Waals surface area contributed by atoms with Gasteiger partial charge in [-0.15, -0.1) is 5.09 Å². The molecule has 0 fully saturated rings. The summed E-state index contributed by atoms with van der Waals surface area (Å²) in [6.45, 7) is 0. The first-order chi connectivity index (χ1) is 2.77. The lowest BCUT2D eigenvalue weighted by molar-refractivity contribution is 0.201. The van der Waals surface area contributed by atoms with E-state index in [4.69, 9.17) is 5.11 Å². The maximum absolute atomic E-state index is 9.30. The normalized spacial score (nSPS) is 8.00. The molecule has 34 valence electrons. The van der Waals surface area contributed by atoms with Gasteiger partial charge in [0.15, 0.2) is 0 Å². The number of hydrogen-bond donors (Lipinski definition) is 2. The molecule has 0 aromatic heterocycles. The van der Waals surface area contributed by atoms with Gasteiger partial charge in [-0.25, -0.2) is 4.79 Å². The fourth-order valence-electron chi connectivity index (χ4n) is 0.0437. The minimum Gasteiger partial charge on any atom is -0.463 e. The van der Waals surface area contributed by atoms with Gasteiger partial charge in [0.1, 0.15) is 0 Å². The Morgan fingerprint density at radius 3 is 2.33 bits per heavy atom. The van der Waals surface area contributed by atoms with Crippen molar-refractivity contribution in [1.82, 2.24) is 5.09 Å². The summed E-state index contributed by atoms with van der Waals surface area (Å²) in [4.78, 5) is 9.30. The zero-order valence-corrected chi connectivity index (χ0v) is 3.76. The highest BCUT2D eigenvalue weighted by Gasteiger charge is 1.92. The average Bonchev–Trinajstić information content (AvgIpc) is 1.35. The molecule has 0 aliphatic heterocycles. The summed E-state index contributed by atoms with van der Waals surface area (Å²) in [6.07, 6.45) is -1.26. The summed E-state index contributed by atoms with van der Waals surface area (Å²) in [6, 6.07) is 0. The van der Waals surface area contributed by atoms with E-state index in [-0.39, 0.29) is 0 Å². The number of nitrogens with one attached hydrogen (secondary N) is 1. The number of hydrogen-bond acceptors (Lipinski definition) is 2. The van der Waals surface area contributed by atoms with Crippen LogP contribution in [-0.2, 0) is 4.57 Å². The monoisotopic (exact) mass is 108 g/mol. The Labute approximate surface area is 35.4 Å². The summed E-state index contributed by atoms with van der Waals surface area (Å²) >= 11 is 0. The summed E-state index contributed by atoms with van der Waals surface area (Å²) in [5.74, 6) is 0. The highest BCUT2D eigenvalue weighted by atomic mass is 31.1. The van der Waals surface area contributed by atoms with Crippen LogP contribution in [0.3, 0.4) is 0 Å². The highest BCUT2D eigenvalue weighted by Crippen LogP contribution is 1.76. The van der Waals surface area contributed by atoms with E-state index in [0.29, 0.717) is 0 Å². The summed E-state index contributed by atoms with van der Waals surface area (Å²) in [7, 11) is -0.961. The molecule has 2 N–H and O–H groups in total. The molecule has 0 saturated carbocycles. The van der Waals surface area contributed by atoms with E-state index in [0.717, 1.165) is 0 Å². The smallest absolute Gasteiger partial charge is 0.451 e. The number of rotatable bonds is 1. The lowest BCUT2D eigenvalue weighted by Gasteiger charge is -1.68. The van der Waals surface area contributed by atoms with Crippen LogP contribution >= 0.6 is 8.61 Å². The fraction of sp³-hybridized carbons (Fsp3) is 0. The third kappa shape index (κ3) is 3.37. The van der Waals surface area contributed by atoms with Crippen molar-refractivity contribution in [3.8, 4) is 0 Å². The summed E-state index contributed by atoms with van der Waals surface area (Å²) < 4.78 is 9.28. The van der Waals surface area contributed by atoms with Crippen molar-refractivity contribution in [3.63, 3.8) is 0 Å². The van der Waals surface area contributed by atoms with E-state index in [1.54, 1.807) is 5.09 Å². The van der Waals surface area contributed by atoms with Gasteiger partial charge in [0, 0.05) is 0 Å². The summed E-state index contributed by atoms with van der Waals surface area (Å²) in [5, 5.41) is 9.21. The molecule has 0 aliphatic carbocycles. The second kappa shape index (κ2) is 2.60. The van der Waals surface area contributed by atoms with Crippen LogP contribution in [-0.4, -0.2) is 11.2 Å². The van der Waals surface area contributed by atoms with E-state index in [1.807, 2.05) is 0 Å². The maximum atomic E-state index is 9.30. The second-order valence-electron chi connectivity index (χ2n) is 0.532. The van der Waals surface area contributed by atoms with Crippen LogP contribution in [0, 0.1) is 0 Å². The van der Waals surface area contributed by atoms with Gasteiger partial charge >= 0.3 is 14.7 Å². The molecule has 0 spiro atoms. The predicted octanol–water partition coefficient (Wildman–Crippen LogP) is 0.193. The first kappa shape index (κ1) is 5.37. The molecule has 0 aliphatic rings. The van der Waals surface area contributed by atoms with Crippen molar-refractivity contribution < 1.29 is 14.5 Å². The molecule has 0 aromatic carbocycles.